The molecule has 0 radical (unpaired) electrons. The van der Waals surface area contributed by atoms with E-state index in [0.717, 1.165) is 10.0 Å². The number of anilines is 1. The number of amides is 1. The minimum absolute atomic E-state index is 0.171. The number of hydrogen-bond donors (Lipinski definition) is 2. The molecule has 0 aliphatic rings. The van der Waals surface area contributed by atoms with Crippen LogP contribution in [-0.4, -0.2) is 13.0 Å². The standard InChI is InChI=1S/C15H15BrN2O2/c1-18-15(19)10-6-7-13(17)14(8-10)20-9-11-4-2-3-5-12(11)16/h2-8H,9,17H2,1H3,(H,18,19). The van der Waals surface area contributed by atoms with Crippen LogP contribution in [0.25, 0.3) is 0 Å². The number of carbonyl (C=O) groups excluding carboxylic acids is 1. The molecule has 2 aromatic rings. The number of carbonyl (C=O) groups is 1. The number of hydrogen-bond acceptors (Lipinski definition) is 3. The van der Waals surface area contributed by atoms with Crippen LogP contribution in [0.4, 0.5) is 5.69 Å². The topological polar surface area (TPSA) is 64.4 Å². The van der Waals surface area contributed by atoms with Crippen LogP contribution in [0.3, 0.4) is 0 Å². The SMILES string of the molecule is CNC(=O)c1ccc(N)c(OCc2ccccc2Br)c1. The Kier molecular flexibility index (Phi) is 4.63. The Morgan fingerprint density at radius 1 is 1.30 bits per heavy atom. The van der Waals surface area contributed by atoms with Gasteiger partial charge in [0.1, 0.15) is 12.4 Å². The number of halogens is 1. The molecule has 0 saturated carbocycles. The fourth-order valence-corrected chi connectivity index (χ4v) is 2.12. The van der Waals surface area contributed by atoms with Gasteiger partial charge in [-0.1, -0.05) is 34.1 Å². The first kappa shape index (κ1) is 14.4. The van der Waals surface area contributed by atoms with E-state index < -0.39 is 0 Å². The Morgan fingerprint density at radius 2 is 2.05 bits per heavy atom. The minimum atomic E-state index is -0.171. The summed E-state index contributed by atoms with van der Waals surface area (Å²) in [4.78, 5) is 11.6. The molecule has 0 spiro atoms. The summed E-state index contributed by atoms with van der Waals surface area (Å²) in [6.07, 6.45) is 0. The van der Waals surface area contributed by atoms with Gasteiger partial charge in [0.05, 0.1) is 5.69 Å². The van der Waals surface area contributed by atoms with Gasteiger partial charge in [-0.2, -0.15) is 0 Å². The molecule has 0 aromatic heterocycles. The summed E-state index contributed by atoms with van der Waals surface area (Å²) >= 11 is 3.46. The third-order valence-electron chi connectivity index (χ3n) is 2.84. The first-order chi connectivity index (χ1) is 9.61. The van der Waals surface area contributed by atoms with Crippen molar-refractivity contribution in [3.63, 3.8) is 0 Å². The lowest BCUT2D eigenvalue weighted by Gasteiger charge is -2.11. The van der Waals surface area contributed by atoms with Crippen molar-refractivity contribution < 1.29 is 9.53 Å². The molecule has 0 atom stereocenters. The van der Waals surface area contributed by atoms with Crippen molar-refractivity contribution in [1.29, 1.82) is 0 Å². The number of ether oxygens (including phenoxy) is 1. The van der Waals surface area contributed by atoms with Crippen LogP contribution in [0.2, 0.25) is 0 Å². The van der Waals surface area contributed by atoms with E-state index in [1.54, 1.807) is 25.2 Å². The van der Waals surface area contributed by atoms with Crippen LogP contribution in [0, 0.1) is 0 Å². The number of nitrogen functional groups attached to an aromatic ring is 1. The van der Waals surface area contributed by atoms with Gasteiger partial charge in [0.25, 0.3) is 5.91 Å². The molecule has 2 aromatic carbocycles. The maximum atomic E-state index is 11.6. The third kappa shape index (κ3) is 3.30. The van der Waals surface area contributed by atoms with Gasteiger partial charge in [-0.3, -0.25) is 4.79 Å². The minimum Gasteiger partial charge on any atom is -0.487 e. The van der Waals surface area contributed by atoms with Gasteiger partial charge in [-0.25, -0.2) is 0 Å². The Morgan fingerprint density at radius 3 is 2.75 bits per heavy atom. The summed E-state index contributed by atoms with van der Waals surface area (Å²) in [6, 6.07) is 12.8. The largest absolute Gasteiger partial charge is 0.487 e. The van der Waals surface area contributed by atoms with Crippen LogP contribution in [0.15, 0.2) is 46.9 Å². The van der Waals surface area contributed by atoms with Crippen LogP contribution in [0.5, 0.6) is 5.75 Å². The fraction of sp³-hybridized carbons (Fsp3) is 0.133. The molecule has 104 valence electrons. The van der Waals surface area contributed by atoms with Crippen molar-refractivity contribution in [2.45, 2.75) is 6.61 Å². The molecule has 2 rings (SSSR count). The summed E-state index contributed by atoms with van der Waals surface area (Å²) in [5.74, 6) is 0.331. The van der Waals surface area contributed by atoms with Gasteiger partial charge in [-0.15, -0.1) is 0 Å². The molecule has 0 aliphatic heterocycles. The van der Waals surface area contributed by atoms with Gasteiger partial charge in [0, 0.05) is 22.6 Å². The lowest BCUT2D eigenvalue weighted by Crippen LogP contribution is -2.17. The normalized spacial score (nSPS) is 10.1. The van der Waals surface area contributed by atoms with E-state index in [-0.39, 0.29) is 5.91 Å². The average molecular weight is 335 g/mol. The van der Waals surface area contributed by atoms with E-state index in [1.807, 2.05) is 24.3 Å². The van der Waals surface area contributed by atoms with E-state index in [1.165, 1.54) is 0 Å². The highest BCUT2D eigenvalue weighted by atomic mass is 79.9. The van der Waals surface area contributed by atoms with E-state index in [9.17, 15) is 4.79 Å². The molecule has 0 fully saturated rings. The summed E-state index contributed by atoms with van der Waals surface area (Å²) < 4.78 is 6.68. The maximum Gasteiger partial charge on any atom is 0.251 e. The molecule has 3 N–H and O–H groups in total. The van der Waals surface area contributed by atoms with E-state index in [0.29, 0.717) is 23.6 Å². The van der Waals surface area contributed by atoms with Crippen LogP contribution < -0.4 is 15.8 Å². The maximum absolute atomic E-state index is 11.6. The van der Waals surface area contributed by atoms with Crippen LogP contribution in [0.1, 0.15) is 15.9 Å². The molecular formula is C15H15BrN2O2. The molecule has 20 heavy (non-hydrogen) atoms. The molecule has 0 heterocycles. The van der Waals surface area contributed by atoms with Crippen LogP contribution >= 0.6 is 15.9 Å². The van der Waals surface area contributed by atoms with Crippen molar-refractivity contribution in [3.8, 4) is 5.75 Å². The van der Waals surface area contributed by atoms with Gasteiger partial charge in [0.15, 0.2) is 0 Å². The lowest BCUT2D eigenvalue weighted by atomic mass is 10.1. The predicted octanol–water partition coefficient (Wildman–Crippen LogP) is 2.97. The molecule has 0 unspecified atom stereocenters. The zero-order valence-electron chi connectivity index (χ0n) is 11.0. The number of nitrogens with one attached hydrogen (secondary N) is 1. The number of benzene rings is 2. The molecule has 0 bridgehead atoms. The van der Waals surface area contributed by atoms with Crippen molar-refractivity contribution >= 4 is 27.5 Å². The lowest BCUT2D eigenvalue weighted by molar-refractivity contribution is 0.0962. The monoisotopic (exact) mass is 334 g/mol. The second kappa shape index (κ2) is 6.43. The van der Waals surface area contributed by atoms with Crippen molar-refractivity contribution in [2.75, 3.05) is 12.8 Å². The highest BCUT2D eigenvalue weighted by Gasteiger charge is 2.08. The second-order valence-electron chi connectivity index (χ2n) is 4.21. The van der Waals surface area contributed by atoms with Gasteiger partial charge in [-0.05, 0) is 24.3 Å². The Hall–Kier alpha value is -2.01. The second-order valence-corrected chi connectivity index (χ2v) is 5.07. The highest BCUT2D eigenvalue weighted by molar-refractivity contribution is 9.10. The van der Waals surface area contributed by atoms with Gasteiger partial charge < -0.3 is 15.8 Å². The smallest absolute Gasteiger partial charge is 0.251 e. The van der Waals surface area contributed by atoms with Crippen molar-refractivity contribution in [3.05, 3.63) is 58.1 Å². The average Bonchev–Trinajstić information content (AvgIpc) is 2.47. The first-order valence-electron chi connectivity index (χ1n) is 6.09. The van der Waals surface area contributed by atoms with Crippen LogP contribution in [-0.2, 0) is 6.61 Å². The molecule has 0 aliphatic carbocycles. The quantitative estimate of drug-likeness (QED) is 0.845. The molecule has 1 amide bonds. The van der Waals surface area contributed by atoms with E-state index in [2.05, 4.69) is 21.2 Å². The first-order valence-corrected chi connectivity index (χ1v) is 6.89. The summed E-state index contributed by atoms with van der Waals surface area (Å²) in [6.45, 7) is 0.378. The van der Waals surface area contributed by atoms with Crippen molar-refractivity contribution in [1.82, 2.24) is 5.32 Å². The summed E-state index contributed by atoms with van der Waals surface area (Å²) in [7, 11) is 1.58. The molecular weight excluding hydrogens is 320 g/mol. The Bertz CT molecular complexity index is 629. The molecule has 4 nitrogen and oxygen atoms in total. The fourth-order valence-electron chi connectivity index (χ4n) is 1.72. The predicted molar refractivity (Wildman–Crippen MR) is 82.7 cm³/mol. The zero-order chi connectivity index (χ0) is 14.5. The zero-order valence-corrected chi connectivity index (χ0v) is 12.6. The summed E-state index contributed by atoms with van der Waals surface area (Å²) in [5.41, 5.74) is 7.90. The van der Waals surface area contributed by atoms with Crippen molar-refractivity contribution in [2.24, 2.45) is 0 Å². The third-order valence-corrected chi connectivity index (χ3v) is 3.62. The van der Waals surface area contributed by atoms with E-state index >= 15 is 0 Å². The Labute approximate surface area is 126 Å². The number of nitrogens with two attached hydrogens (primary N) is 1. The summed E-state index contributed by atoms with van der Waals surface area (Å²) in [5, 5.41) is 2.57. The molecule has 0 saturated heterocycles. The number of rotatable bonds is 4. The van der Waals surface area contributed by atoms with Gasteiger partial charge >= 0.3 is 0 Å². The highest BCUT2D eigenvalue weighted by Crippen LogP contribution is 2.25. The van der Waals surface area contributed by atoms with Gasteiger partial charge in [0.2, 0.25) is 0 Å². The Balaban J connectivity index is 2.17. The van der Waals surface area contributed by atoms with E-state index in [4.69, 9.17) is 10.5 Å². The molecule has 5 heteroatoms.